The first kappa shape index (κ1) is 11.5. The van der Waals surface area contributed by atoms with Crippen molar-refractivity contribution in [3.05, 3.63) is 0 Å². The first-order valence-corrected chi connectivity index (χ1v) is 5.40. The lowest BCUT2D eigenvalue weighted by atomic mass is 9.91. The monoisotopic (exact) mass is 200 g/mol. The summed E-state index contributed by atoms with van der Waals surface area (Å²) in [7, 11) is 0. The summed E-state index contributed by atoms with van der Waals surface area (Å²) in [6.07, 6.45) is 4.55. The molecule has 14 heavy (non-hydrogen) atoms. The minimum Gasteiger partial charge on any atom is -0.396 e. The second-order valence-electron chi connectivity index (χ2n) is 3.79. The van der Waals surface area contributed by atoms with Crippen LogP contribution in [0, 0.1) is 0 Å². The fourth-order valence-corrected chi connectivity index (χ4v) is 1.72. The minimum atomic E-state index is 0.144. The molecule has 1 saturated carbocycles. The summed E-state index contributed by atoms with van der Waals surface area (Å²) in [5.74, 6) is 0.144. The van der Waals surface area contributed by atoms with Crippen LogP contribution in [0.25, 0.3) is 0 Å². The van der Waals surface area contributed by atoms with Gasteiger partial charge in [0.25, 0.3) is 0 Å². The second kappa shape index (κ2) is 5.98. The Hall–Kier alpha value is -0.610. The van der Waals surface area contributed by atoms with Gasteiger partial charge in [0.2, 0.25) is 5.91 Å². The summed E-state index contributed by atoms with van der Waals surface area (Å²) in [6, 6.07) is 0.417. The molecule has 3 N–H and O–H groups in total. The fraction of sp³-hybridized carbons (Fsp3) is 0.900. The van der Waals surface area contributed by atoms with Crippen LogP contribution in [-0.4, -0.2) is 41.7 Å². The van der Waals surface area contributed by atoms with E-state index in [2.05, 4.69) is 0 Å². The molecule has 1 amide bonds. The highest BCUT2D eigenvalue weighted by molar-refractivity contribution is 5.76. The maximum Gasteiger partial charge on any atom is 0.224 e. The van der Waals surface area contributed by atoms with Crippen LogP contribution in [-0.2, 0) is 4.79 Å². The van der Waals surface area contributed by atoms with Crippen molar-refractivity contribution < 1.29 is 9.90 Å². The molecule has 0 saturated heterocycles. The van der Waals surface area contributed by atoms with Gasteiger partial charge in [-0.05, 0) is 25.7 Å². The fourth-order valence-electron chi connectivity index (χ4n) is 1.72. The first-order valence-electron chi connectivity index (χ1n) is 5.40. The maximum atomic E-state index is 11.6. The average molecular weight is 200 g/mol. The molecule has 0 radical (unpaired) electrons. The summed E-state index contributed by atoms with van der Waals surface area (Å²) in [5, 5.41) is 8.74. The third-order valence-corrected chi connectivity index (χ3v) is 2.75. The van der Waals surface area contributed by atoms with Crippen LogP contribution in [0.1, 0.15) is 32.1 Å². The Morgan fingerprint density at radius 2 is 2.21 bits per heavy atom. The summed E-state index contributed by atoms with van der Waals surface area (Å²) >= 11 is 0. The number of rotatable bonds is 6. The Bertz CT molecular complexity index is 181. The molecule has 0 aromatic carbocycles. The summed E-state index contributed by atoms with van der Waals surface area (Å²) in [6.45, 7) is 1.25. The second-order valence-corrected chi connectivity index (χ2v) is 3.79. The lowest BCUT2D eigenvalue weighted by Gasteiger charge is -2.37. The van der Waals surface area contributed by atoms with Gasteiger partial charge >= 0.3 is 0 Å². The topological polar surface area (TPSA) is 66.6 Å². The van der Waals surface area contributed by atoms with Gasteiger partial charge in [0, 0.05) is 32.2 Å². The zero-order valence-electron chi connectivity index (χ0n) is 8.61. The summed E-state index contributed by atoms with van der Waals surface area (Å²) in [5.41, 5.74) is 5.36. The van der Waals surface area contributed by atoms with Crippen LogP contribution in [0.3, 0.4) is 0 Å². The van der Waals surface area contributed by atoms with Gasteiger partial charge in [-0.15, -0.1) is 0 Å². The van der Waals surface area contributed by atoms with Gasteiger partial charge in [0.15, 0.2) is 0 Å². The quantitative estimate of drug-likeness (QED) is 0.639. The Morgan fingerprint density at radius 1 is 1.50 bits per heavy atom. The Labute approximate surface area is 85.1 Å². The molecule has 82 valence electrons. The van der Waals surface area contributed by atoms with Gasteiger partial charge in [0.1, 0.15) is 0 Å². The number of aliphatic hydroxyl groups is 1. The first-order chi connectivity index (χ1) is 6.79. The largest absolute Gasteiger partial charge is 0.396 e. The number of carbonyl (C=O) groups is 1. The van der Waals surface area contributed by atoms with Crippen molar-refractivity contribution in [1.82, 2.24) is 4.90 Å². The molecule has 1 fully saturated rings. The highest BCUT2D eigenvalue weighted by Crippen LogP contribution is 2.25. The molecule has 0 aliphatic heterocycles. The molecule has 0 unspecified atom stereocenters. The molecule has 1 rings (SSSR count). The molecular weight excluding hydrogens is 180 g/mol. The number of hydrogen-bond acceptors (Lipinski definition) is 3. The maximum absolute atomic E-state index is 11.6. The zero-order chi connectivity index (χ0) is 10.4. The molecule has 1 aliphatic rings. The molecule has 0 heterocycles. The lowest BCUT2D eigenvalue weighted by Crippen LogP contribution is -2.45. The molecule has 0 atom stereocenters. The van der Waals surface area contributed by atoms with E-state index in [1.54, 1.807) is 0 Å². The van der Waals surface area contributed by atoms with E-state index in [0.717, 1.165) is 12.8 Å². The summed E-state index contributed by atoms with van der Waals surface area (Å²) in [4.78, 5) is 13.5. The van der Waals surface area contributed by atoms with Crippen LogP contribution < -0.4 is 5.73 Å². The summed E-state index contributed by atoms with van der Waals surface area (Å²) < 4.78 is 0. The van der Waals surface area contributed by atoms with E-state index in [4.69, 9.17) is 10.8 Å². The molecule has 4 nitrogen and oxygen atoms in total. The zero-order valence-corrected chi connectivity index (χ0v) is 8.61. The van der Waals surface area contributed by atoms with Crippen molar-refractivity contribution in [3.8, 4) is 0 Å². The van der Waals surface area contributed by atoms with Crippen molar-refractivity contribution in [1.29, 1.82) is 0 Å². The average Bonchev–Trinajstić information content (AvgIpc) is 2.09. The van der Waals surface area contributed by atoms with Crippen LogP contribution in [0.15, 0.2) is 0 Å². The number of aliphatic hydroxyl groups excluding tert-OH is 1. The van der Waals surface area contributed by atoms with E-state index >= 15 is 0 Å². The normalized spacial score (nSPS) is 16.4. The molecule has 0 bridgehead atoms. The van der Waals surface area contributed by atoms with Gasteiger partial charge in [-0.25, -0.2) is 0 Å². The van der Waals surface area contributed by atoms with Crippen molar-refractivity contribution in [2.45, 2.75) is 38.1 Å². The van der Waals surface area contributed by atoms with Crippen molar-refractivity contribution in [2.24, 2.45) is 5.73 Å². The van der Waals surface area contributed by atoms with Gasteiger partial charge in [0.05, 0.1) is 0 Å². The van der Waals surface area contributed by atoms with E-state index in [-0.39, 0.29) is 12.5 Å². The van der Waals surface area contributed by atoms with Gasteiger partial charge in [-0.1, -0.05) is 0 Å². The van der Waals surface area contributed by atoms with Gasteiger partial charge in [-0.3, -0.25) is 4.79 Å². The molecule has 0 spiro atoms. The van der Waals surface area contributed by atoms with Crippen molar-refractivity contribution in [3.63, 3.8) is 0 Å². The highest BCUT2D eigenvalue weighted by atomic mass is 16.3. The molecule has 0 aromatic rings. The van der Waals surface area contributed by atoms with E-state index in [1.165, 1.54) is 6.42 Å². The van der Waals surface area contributed by atoms with E-state index < -0.39 is 0 Å². The Morgan fingerprint density at radius 3 is 2.64 bits per heavy atom. The third kappa shape index (κ3) is 2.96. The molecular formula is C10H20N2O2. The molecule has 1 aliphatic carbocycles. The van der Waals surface area contributed by atoms with Gasteiger partial charge < -0.3 is 15.7 Å². The van der Waals surface area contributed by atoms with Crippen LogP contribution in [0.2, 0.25) is 0 Å². The van der Waals surface area contributed by atoms with E-state index in [1.807, 2.05) is 4.90 Å². The van der Waals surface area contributed by atoms with Gasteiger partial charge in [-0.2, -0.15) is 0 Å². The number of amides is 1. The Kier molecular flexibility index (Phi) is 4.90. The van der Waals surface area contributed by atoms with Crippen LogP contribution in [0.4, 0.5) is 0 Å². The van der Waals surface area contributed by atoms with Crippen molar-refractivity contribution >= 4 is 5.91 Å². The van der Waals surface area contributed by atoms with Crippen molar-refractivity contribution in [2.75, 3.05) is 19.7 Å². The highest BCUT2D eigenvalue weighted by Gasteiger charge is 2.27. The smallest absolute Gasteiger partial charge is 0.224 e. The van der Waals surface area contributed by atoms with Crippen LogP contribution in [0.5, 0.6) is 0 Å². The predicted octanol–water partition coefficient (Wildman–Crippen LogP) is 0.0987. The SMILES string of the molecule is NCCC(=O)N(CCCO)C1CCC1. The number of nitrogens with two attached hydrogens (primary N) is 1. The Balaban J connectivity index is 2.38. The van der Waals surface area contributed by atoms with Crippen LogP contribution >= 0.6 is 0 Å². The molecule has 0 aromatic heterocycles. The number of hydrogen-bond donors (Lipinski definition) is 2. The predicted molar refractivity (Wildman–Crippen MR) is 54.7 cm³/mol. The molecule has 4 heteroatoms. The minimum absolute atomic E-state index is 0.144. The number of carbonyl (C=O) groups excluding carboxylic acids is 1. The number of nitrogens with zero attached hydrogens (tertiary/aromatic N) is 1. The van der Waals surface area contributed by atoms with E-state index in [0.29, 0.717) is 32.0 Å². The standard InChI is InChI=1S/C10H20N2O2/c11-6-5-10(14)12(7-2-8-13)9-3-1-4-9/h9,13H,1-8,11H2. The third-order valence-electron chi connectivity index (χ3n) is 2.75. The lowest BCUT2D eigenvalue weighted by molar-refractivity contribution is -0.135. The van der Waals surface area contributed by atoms with E-state index in [9.17, 15) is 4.79 Å².